The molecule has 2 amide bonds. The van der Waals surface area contributed by atoms with Crippen LogP contribution in [0.4, 0.5) is 0 Å². The monoisotopic (exact) mass is 665 g/mol. The average Bonchev–Trinajstić information content (AvgIpc) is 3.12. The molecule has 1 saturated heterocycles. The van der Waals surface area contributed by atoms with Crippen molar-refractivity contribution in [3.63, 3.8) is 0 Å². The minimum atomic E-state index is -0.561. The number of carbonyl (C=O) groups is 2. The molecule has 0 unspecified atom stereocenters. The van der Waals surface area contributed by atoms with Gasteiger partial charge in [-0.2, -0.15) is 0 Å². The number of nitrogens with one attached hydrogen (secondary N) is 2. The summed E-state index contributed by atoms with van der Waals surface area (Å²) in [5.74, 6) is 0.0713. The van der Waals surface area contributed by atoms with Gasteiger partial charge in [-0.1, -0.05) is 98.3 Å². The van der Waals surface area contributed by atoms with Crippen molar-refractivity contribution in [1.82, 2.24) is 15.5 Å². The van der Waals surface area contributed by atoms with Gasteiger partial charge in [-0.25, -0.2) is 0 Å². The first-order valence-corrected chi connectivity index (χ1v) is 17.5. The van der Waals surface area contributed by atoms with Gasteiger partial charge in [0.05, 0.1) is 18.8 Å². The van der Waals surface area contributed by atoms with E-state index in [9.17, 15) is 14.7 Å². The molecule has 3 N–H and O–H groups in total. The number of hydrogen-bond acceptors (Lipinski definition) is 6. The molecule has 8 nitrogen and oxygen atoms in total. The zero-order valence-electron chi connectivity index (χ0n) is 29.2. The summed E-state index contributed by atoms with van der Waals surface area (Å²) in [5, 5.41) is 17.9. The van der Waals surface area contributed by atoms with Gasteiger partial charge in [0, 0.05) is 50.5 Å². The third-order valence-electron chi connectivity index (χ3n) is 9.70. The molecule has 260 valence electrons. The van der Waals surface area contributed by atoms with Crippen molar-refractivity contribution in [2.75, 3.05) is 20.1 Å². The van der Waals surface area contributed by atoms with Gasteiger partial charge in [0.15, 0.2) is 6.29 Å². The fourth-order valence-electron chi connectivity index (χ4n) is 6.43. The lowest BCUT2D eigenvalue weighted by molar-refractivity contribution is -0.276. The maximum Gasteiger partial charge on any atom is 0.220 e. The molecule has 5 rings (SSSR count). The summed E-state index contributed by atoms with van der Waals surface area (Å²) < 4.78 is 13.4. The number of rotatable bonds is 15. The molecule has 4 aromatic carbocycles. The molecule has 0 saturated carbocycles. The molecule has 8 heteroatoms. The van der Waals surface area contributed by atoms with Crippen LogP contribution in [0.2, 0.25) is 0 Å². The number of benzene rings is 4. The first-order valence-electron chi connectivity index (χ1n) is 17.5. The largest absolute Gasteiger partial charge is 0.392 e. The Bertz CT molecular complexity index is 1660. The highest BCUT2D eigenvalue weighted by Gasteiger charge is 2.39. The van der Waals surface area contributed by atoms with E-state index in [-0.39, 0.29) is 42.6 Å². The Kier molecular flexibility index (Phi) is 13.0. The number of nitrogens with zero attached hydrogens (tertiary/aromatic N) is 1. The smallest absolute Gasteiger partial charge is 0.220 e. The third kappa shape index (κ3) is 9.98. The lowest BCUT2D eigenvalue weighted by Gasteiger charge is -2.43. The minimum absolute atomic E-state index is 0.0000883. The maximum absolute atomic E-state index is 12.4. The number of amides is 2. The van der Waals surface area contributed by atoms with Crippen molar-refractivity contribution in [2.45, 2.75) is 84.1 Å². The predicted molar refractivity (Wildman–Crippen MR) is 193 cm³/mol. The first kappa shape index (κ1) is 36.2. The normalized spacial score (nSPS) is 19.9. The van der Waals surface area contributed by atoms with Crippen LogP contribution in [0, 0.1) is 5.92 Å². The summed E-state index contributed by atoms with van der Waals surface area (Å²) in [5.41, 5.74) is 5.11. The SMILES string of the molecule is CC(=O)NCCCCCC(=O)NCc1ccc([C@@H]2O[C@H](CN(C)[C@H](C)c3ccc4ccccc4c3)[C@H](C)[C@H](c3ccc(CO)cc3)O2)cc1. The van der Waals surface area contributed by atoms with Crippen molar-refractivity contribution >= 4 is 22.6 Å². The molecule has 1 heterocycles. The van der Waals surface area contributed by atoms with Crippen LogP contribution in [0.1, 0.15) is 92.7 Å². The van der Waals surface area contributed by atoms with Gasteiger partial charge in [-0.05, 0) is 65.9 Å². The van der Waals surface area contributed by atoms with E-state index < -0.39 is 6.29 Å². The molecule has 0 aliphatic carbocycles. The minimum Gasteiger partial charge on any atom is -0.392 e. The van der Waals surface area contributed by atoms with Crippen molar-refractivity contribution in [3.05, 3.63) is 119 Å². The third-order valence-corrected chi connectivity index (χ3v) is 9.70. The topological polar surface area (TPSA) is 100 Å². The highest BCUT2D eigenvalue weighted by Crippen LogP contribution is 2.42. The van der Waals surface area contributed by atoms with Gasteiger partial charge in [-0.3, -0.25) is 14.5 Å². The number of aliphatic hydroxyl groups is 1. The summed E-state index contributed by atoms with van der Waals surface area (Å²) in [4.78, 5) is 25.7. The van der Waals surface area contributed by atoms with Crippen LogP contribution in [-0.4, -0.2) is 48.1 Å². The van der Waals surface area contributed by atoms with Crippen LogP contribution in [0.15, 0.2) is 91.0 Å². The molecule has 0 radical (unpaired) electrons. The van der Waals surface area contributed by atoms with Crippen LogP contribution in [0.5, 0.6) is 0 Å². The van der Waals surface area contributed by atoms with Crippen molar-refractivity contribution in [2.24, 2.45) is 5.92 Å². The van der Waals surface area contributed by atoms with Crippen molar-refractivity contribution in [3.8, 4) is 0 Å². The molecule has 4 aromatic rings. The average molecular weight is 666 g/mol. The van der Waals surface area contributed by atoms with E-state index in [1.165, 1.54) is 23.3 Å². The number of carbonyl (C=O) groups excluding carboxylic acids is 2. The number of ether oxygens (including phenoxy) is 2. The fraction of sp³-hybridized carbons (Fsp3) is 0.415. The van der Waals surface area contributed by atoms with Gasteiger partial charge < -0.3 is 25.2 Å². The predicted octanol–water partition coefficient (Wildman–Crippen LogP) is 7.13. The van der Waals surface area contributed by atoms with E-state index in [0.29, 0.717) is 19.5 Å². The van der Waals surface area contributed by atoms with Crippen molar-refractivity contribution in [1.29, 1.82) is 0 Å². The number of hydrogen-bond donors (Lipinski definition) is 3. The zero-order chi connectivity index (χ0) is 34.8. The van der Waals surface area contributed by atoms with Crippen LogP contribution in [0.25, 0.3) is 10.8 Å². The van der Waals surface area contributed by atoms with Crippen LogP contribution >= 0.6 is 0 Å². The summed E-state index contributed by atoms with van der Waals surface area (Å²) in [6.07, 6.45) is 2.16. The molecule has 0 aromatic heterocycles. The maximum atomic E-state index is 12.4. The molecular formula is C41H51N3O5. The summed E-state index contributed by atoms with van der Waals surface area (Å²) in [7, 11) is 2.15. The molecular weight excluding hydrogens is 614 g/mol. The Morgan fingerprint density at radius 2 is 1.53 bits per heavy atom. The second kappa shape index (κ2) is 17.5. The number of likely N-dealkylation sites (N-methyl/N-ethyl adjacent to an activating group) is 1. The second-order valence-corrected chi connectivity index (χ2v) is 13.4. The Morgan fingerprint density at radius 3 is 2.24 bits per heavy atom. The summed E-state index contributed by atoms with van der Waals surface area (Å²) >= 11 is 0. The molecule has 0 spiro atoms. The Hall–Kier alpha value is -4.08. The lowest BCUT2D eigenvalue weighted by atomic mass is 9.89. The van der Waals surface area contributed by atoms with Gasteiger partial charge >= 0.3 is 0 Å². The number of fused-ring (bicyclic) bond motifs is 1. The fourth-order valence-corrected chi connectivity index (χ4v) is 6.43. The molecule has 1 fully saturated rings. The Morgan fingerprint density at radius 1 is 0.837 bits per heavy atom. The Labute approximate surface area is 290 Å². The molecule has 5 atom stereocenters. The first-order chi connectivity index (χ1) is 23.7. The van der Waals surface area contributed by atoms with E-state index in [4.69, 9.17) is 9.47 Å². The van der Waals surface area contributed by atoms with E-state index in [2.05, 4.69) is 78.9 Å². The molecule has 0 bridgehead atoms. The van der Waals surface area contributed by atoms with Gasteiger partial charge in [-0.15, -0.1) is 0 Å². The van der Waals surface area contributed by atoms with E-state index >= 15 is 0 Å². The van der Waals surface area contributed by atoms with Gasteiger partial charge in [0.2, 0.25) is 11.8 Å². The highest BCUT2D eigenvalue weighted by molar-refractivity contribution is 5.83. The van der Waals surface area contributed by atoms with Gasteiger partial charge in [0.25, 0.3) is 0 Å². The van der Waals surface area contributed by atoms with Gasteiger partial charge in [0.1, 0.15) is 0 Å². The lowest BCUT2D eigenvalue weighted by Crippen LogP contribution is -2.44. The quantitative estimate of drug-likeness (QED) is 0.117. The van der Waals surface area contributed by atoms with E-state index in [0.717, 1.165) is 48.1 Å². The molecule has 1 aliphatic heterocycles. The van der Waals surface area contributed by atoms with Crippen molar-refractivity contribution < 1.29 is 24.2 Å². The zero-order valence-corrected chi connectivity index (χ0v) is 29.2. The molecule has 49 heavy (non-hydrogen) atoms. The van der Waals surface area contributed by atoms with Crippen LogP contribution in [0.3, 0.4) is 0 Å². The van der Waals surface area contributed by atoms with E-state index in [1.807, 2.05) is 48.5 Å². The number of aliphatic hydroxyl groups excluding tert-OH is 1. The summed E-state index contributed by atoms with van der Waals surface area (Å²) in [6.45, 7) is 7.76. The standard InChI is InChI=1S/C41H51N3O5/c1-28-38(26-44(4)29(2)36-22-21-33-10-7-8-11-37(33)24-36)48-41(49-40(28)34-17-15-32(27-45)16-18-34)35-19-13-31(14-20-35)25-43-39(47)12-6-5-9-23-42-30(3)46/h7-8,10-11,13-22,24,28-29,38,40-41,45H,5-6,9,12,23,25-27H2,1-4H3,(H,42,46)(H,43,47)/t28-,29+,38+,40+,41+/m0/s1. The highest BCUT2D eigenvalue weighted by atomic mass is 16.7. The second-order valence-electron chi connectivity index (χ2n) is 13.4. The molecule has 1 aliphatic rings. The number of unbranched alkanes of at least 4 members (excludes halogenated alkanes) is 2. The van der Waals surface area contributed by atoms with Crippen LogP contribution in [-0.2, 0) is 32.2 Å². The van der Waals surface area contributed by atoms with Crippen LogP contribution < -0.4 is 10.6 Å². The Balaban J connectivity index is 1.24. The summed E-state index contributed by atoms with van der Waals surface area (Å²) in [6, 6.07) is 31.4. The van der Waals surface area contributed by atoms with E-state index in [1.54, 1.807) is 0 Å².